The van der Waals surface area contributed by atoms with Crippen LogP contribution in [0.4, 0.5) is 0 Å². The third-order valence-corrected chi connectivity index (χ3v) is 3.19. The Morgan fingerprint density at radius 3 is 2.88 bits per heavy atom. The molecule has 0 bridgehead atoms. The second-order valence-corrected chi connectivity index (χ2v) is 4.26. The average molecular weight is 256 g/mol. The molecule has 1 aliphatic heterocycles. The molecular formula is C12H14ClNO3. The molecule has 0 radical (unpaired) electrons. The Labute approximate surface area is 105 Å². The Kier molecular flexibility index (Phi) is 3.66. The van der Waals surface area contributed by atoms with Crippen LogP contribution >= 0.6 is 11.6 Å². The number of esters is 1. The van der Waals surface area contributed by atoms with Gasteiger partial charge in [-0.05, 0) is 6.07 Å². The molecule has 1 atom stereocenters. The molecule has 1 aromatic rings. The van der Waals surface area contributed by atoms with E-state index in [1.807, 2.05) is 12.1 Å². The number of benzene rings is 1. The lowest BCUT2D eigenvalue weighted by molar-refractivity contribution is -0.154. The van der Waals surface area contributed by atoms with Crippen LogP contribution in [0.1, 0.15) is 5.56 Å². The van der Waals surface area contributed by atoms with Gasteiger partial charge in [-0.1, -0.05) is 29.8 Å². The number of rotatable bonds is 2. The molecule has 0 spiro atoms. The molecule has 1 saturated heterocycles. The summed E-state index contributed by atoms with van der Waals surface area (Å²) in [4.78, 5) is 12.0. The molecule has 1 aliphatic rings. The standard InChI is InChI=1S/C12H14ClNO3/c1-16-11(15)12(8-17-7-6-14-12)9-4-2-3-5-10(9)13/h2-5,14H,6-8H2,1H3. The van der Waals surface area contributed by atoms with Gasteiger partial charge in [0, 0.05) is 17.1 Å². The van der Waals surface area contributed by atoms with Crippen LogP contribution in [0.3, 0.4) is 0 Å². The van der Waals surface area contributed by atoms with Crippen LogP contribution in [0.25, 0.3) is 0 Å². The minimum atomic E-state index is -0.995. The fraction of sp³-hybridized carbons (Fsp3) is 0.417. The minimum Gasteiger partial charge on any atom is -0.467 e. The van der Waals surface area contributed by atoms with Crippen molar-refractivity contribution in [1.82, 2.24) is 5.32 Å². The molecule has 92 valence electrons. The second kappa shape index (κ2) is 5.04. The first-order valence-electron chi connectivity index (χ1n) is 5.37. The summed E-state index contributed by atoms with van der Waals surface area (Å²) in [5, 5.41) is 3.68. The van der Waals surface area contributed by atoms with E-state index >= 15 is 0 Å². The Balaban J connectivity index is 2.46. The van der Waals surface area contributed by atoms with E-state index < -0.39 is 5.54 Å². The maximum absolute atomic E-state index is 12.0. The van der Waals surface area contributed by atoms with Crippen molar-refractivity contribution in [1.29, 1.82) is 0 Å². The number of hydrogen-bond donors (Lipinski definition) is 1. The van der Waals surface area contributed by atoms with Gasteiger partial charge in [0.15, 0.2) is 5.54 Å². The van der Waals surface area contributed by atoms with E-state index in [0.717, 1.165) is 0 Å². The zero-order valence-electron chi connectivity index (χ0n) is 9.53. The zero-order chi connectivity index (χ0) is 12.3. The van der Waals surface area contributed by atoms with Crippen molar-refractivity contribution in [3.05, 3.63) is 34.9 Å². The van der Waals surface area contributed by atoms with Crippen molar-refractivity contribution in [3.63, 3.8) is 0 Å². The lowest BCUT2D eigenvalue weighted by Gasteiger charge is -2.36. The first kappa shape index (κ1) is 12.4. The smallest absolute Gasteiger partial charge is 0.333 e. The normalized spacial score (nSPS) is 24.4. The van der Waals surface area contributed by atoms with Crippen molar-refractivity contribution in [2.75, 3.05) is 26.9 Å². The van der Waals surface area contributed by atoms with Gasteiger partial charge < -0.3 is 9.47 Å². The molecule has 1 unspecified atom stereocenters. The third-order valence-electron chi connectivity index (χ3n) is 2.86. The first-order chi connectivity index (χ1) is 8.20. The van der Waals surface area contributed by atoms with Gasteiger partial charge in [-0.25, -0.2) is 4.79 Å². The largest absolute Gasteiger partial charge is 0.467 e. The zero-order valence-corrected chi connectivity index (χ0v) is 10.3. The molecule has 0 saturated carbocycles. The molecule has 0 aromatic heterocycles. The van der Waals surface area contributed by atoms with E-state index in [1.54, 1.807) is 12.1 Å². The summed E-state index contributed by atoms with van der Waals surface area (Å²) in [5.41, 5.74) is -0.307. The monoisotopic (exact) mass is 255 g/mol. The Bertz CT molecular complexity index is 416. The number of carbonyl (C=O) groups excluding carboxylic acids is 1. The van der Waals surface area contributed by atoms with Crippen LogP contribution in [0, 0.1) is 0 Å². The van der Waals surface area contributed by atoms with Crippen molar-refractivity contribution >= 4 is 17.6 Å². The van der Waals surface area contributed by atoms with Gasteiger partial charge in [0.1, 0.15) is 0 Å². The Hall–Kier alpha value is -1.10. The number of hydrogen-bond acceptors (Lipinski definition) is 4. The summed E-state index contributed by atoms with van der Waals surface area (Å²) in [6.45, 7) is 1.38. The van der Waals surface area contributed by atoms with E-state index in [2.05, 4.69) is 5.32 Å². The maximum atomic E-state index is 12.0. The van der Waals surface area contributed by atoms with Gasteiger partial charge in [0.2, 0.25) is 0 Å². The van der Waals surface area contributed by atoms with Gasteiger partial charge in [0.05, 0.1) is 20.3 Å². The van der Waals surface area contributed by atoms with Gasteiger partial charge in [-0.3, -0.25) is 5.32 Å². The van der Waals surface area contributed by atoms with Crippen LogP contribution in [0.15, 0.2) is 24.3 Å². The minimum absolute atomic E-state index is 0.226. The third kappa shape index (κ3) is 2.16. The van der Waals surface area contributed by atoms with Crippen molar-refractivity contribution in [3.8, 4) is 0 Å². The number of ether oxygens (including phenoxy) is 2. The van der Waals surface area contributed by atoms with Crippen molar-refractivity contribution in [2.45, 2.75) is 5.54 Å². The molecule has 0 aliphatic carbocycles. The molecular weight excluding hydrogens is 242 g/mol. The summed E-state index contributed by atoms with van der Waals surface area (Å²) in [7, 11) is 1.36. The first-order valence-corrected chi connectivity index (χ1v) is 5.75. The van der Waals surface area contributed by atoms with Crippen molar-refractivity contribution < 1.29 is 14.3 Å². The molecule has 1 heterocycles. The van der Waals surface area contributed by atoms with Gasteiger partial charge >= 0.3 is 5.97 Å². The highest BCUT2D eigenvalue weighted by Gasteiger charge is 2.44. The number of nitrogens with one attached hydrogen (secondary N) is 1. The molecule has 1 N–H and O–H groups in total. The van der Waals surface area contributed by atoms with E-state index in [0.29, 0.717) is 23.7 Å². The van der Waals surface area contributed by atoms with Crippen LogP contribution < -0.4 is 5.32 Å². The summed E-state index contributed by atoms with van der Waals surface area (Å²) in [6.07, 6.45) is 0. The van der Waals surface area contributed by atoms with E-state index in [-0.39, 0.29) is 12.6 Å². The quantitative estimate of drug-likeness (QED) is 0.810. The number of morpholine rings is 1. The molecule has 0 amide bonds. The maximum Gasteiger partial charge on any atom is 0.333 e. The highest BCUT2D eigenvalue weighted by atomic mass is 35.5. The fourth-order valence-corrected chi connectivity index (χ4v) is 2.31. The van der Waals surface area contributed by atoms with Gasteiger partial charge in [-0.2, -0.15) is 0 Å². The summed E-state index contributed by atoms with van der Waals surface area (Å²) >= 11 is 6.14. The second-order valence-electron chi connectivity index (χ2n) is 3.86. The Morgan fingerprint density at radius 2 is 2.29 bits per heavy atom. The van der Waals surface area contributed by atoms with Crippen LogP contribution in [0.5, 0.6) is 0 Å². The lowest BCUT2D eigenvalue weighted by Crippen LogP contribution is -2.57. The number of methoxy groups -OCH3 is 1. The topological polar surface area (TPSA) is 47.6 Å². The molecule has 4 nitrogen and oxygen atoms in total. The summed E-state index contributed by atoms with van der Waals surface area (Å²) < 4.78 is 10.3. The number of carbonyl (C=O) groups is 1. The molecule has 1 fully saturated rings. The lowest BCUT2D eigenvalue weighted by atomic mass is 9.89. The van der Waals surface area contributed by atoms with E-state index in [4.69, 9.17) is 21.1 Å². The predicted octanol–water partition coefficient (Wildman–Crippen LogP) is 1.33. The highest BCUT2D eigenvalue weighted by molar-refractivity contribution is 6.31. The van der Waals surface area contributed by atoms with Crippen LogP contribution in [-0.2, 0) is 19.8 Å². The highest BCUT2D eigenvalue weighted by Crippen LogP contribution is 2.31. The molecule has 1 aromatic carbocycles. The number of halogens is 1. The summed E-state index contributed by atoms with van der Waals surface area (Å²) in [6, 6.07) is 7.21. The van der Waals surface area contributed by atoms with E-state index in [9.17, 15) is 4.79 Å². The predicted molar refractivity (Wildman–Crippen MR) is 64.0 cm³/mol. The average Bonchev–Trinajstić information content (AvgIpc) is 2.39. The van der Waals surface area contributed by atoms with Crippen LogP contribution in [0.2, 0.25) is 5.02 Å². The van der Waals surface area contributed by atoms with Gasteiger partial charge in [-0.15, -0.1) is 0 Å². The van der Waals surface area contributed by atoms with Gasteiger partial charge in [0.25, 0.3) is 0 Å². The van der Waals surface area contributed by atoms with E-state index in [1.165, 1.54) is 7.11 Å². The molecule has 5 heteroatoms. The SMILES string of the molecule is COC(=O)C1(c2ccccc2Cl)COCCN1. The van der Waals surface area contributed by atoms with Crippen LogP contribution in [-0.4, -0.2) is 32.8 Å². The molecule has 17 heavy (non-hydrogen) atoms. The fourth-order valence-electron chi connectivity index (χ4n) is 2.01. The molecule has 2 rings (SSSR count). The van der Waals surface area contributed by atoms with Crippen molar-refractivity contribution in [2.24, 2.45) is 0 Å². The Morgan fingerprint density at radius 1 is 1.53 bits per heavy atom. The summed E-state index contributed by atoms with van der Waals surface area (Å²) in [5.74, 6) is -0.384.